The summed E-state index contributed by atoms with van der Waals surface area (Å²) in [5, 5.41) is 11.7. The Balaban J connectivity index is 2.01. The number of aromatic carboxylic acids is 1. The molecule has 0 saturated heterocycles. The third-order valence-corrected chi connectivity index (χ3v) is 4.02. The van der Waals surface area contributed by atoms with E-state index < -0.39 is 5.97 Å². The number of hydrogen-bond acceptors (Lipinski definition) is 4. The SMILES string of the molecule is Cc1ccccc1-c1csc(-c2cc(C(=O)O)ccn2)n1. The highest BCUT2D eigenvalue weighted by Gasteiger charge is 2.11. The lowest BCUT2D eigenvalue weighted by molar-refractivity contribution is 0.0697. The first-order valence-electron chi connectivity index (χ1n) is 6.36. The number of benzene rings is 1. The number of aryl methyl sites for hydroxylation is 1. The molecular formula is C16H12N2O2S. The Kier molecular flexibility index (Phi) is 3.50. The van der Waals surface area contributed by atoms with Gasteiger partial charge in [0, 0.05) is 17.1 Å². The molecule has 0 fully saturated rings. The van der Waals surface area contributed by atoms with Crippen molar-refractivity contribution < 1.29 is 9.90 Å². The van der Waals surface area contributed by atoms with Gasteiger partial charge < -0.3 is 5.11 Å². The number of carbonyl (C=O) groups is 1. The Bertz CT molecular complexity index is 811. The van der Waals surface area contributed by atoms with Gasteiger partial charge in [0.05, 0.1) is 17.0 Å². The summed E-state index contributed by atoms with van der Waals surface area (Å²) in [6.07, 6.45) is 1.49. The monoisotopic (exact) mass is 296 g/mol. The van der Waals surface area contributed by atoms with Gasteiger partial charge in [0.2, 0.25) is 0 Å². The maximum Gasteiger partial charge on any atom is 0.335 e. The van der Waals surface area contributed by atoms with Crippen LogP contribution in [0.15, 0.2) is 48.0 Å². The highest BCUT2D eigenvalue weighted by molar-refractivity contribution is 7.13. The van der Waals surface area contributed by atoms with Gasteiger partial charge in [0.15, 0.2) is 0 Å². The van der Waals surface area contributed by atoms with Crippen LogP contribution in [0.3, 0.4) is 0 Å². The molecule has 4 nitrogen and oxygen atoms in total. The summed E-state index contributed by atoms with van der Waals surface area (Å²) >= 11 is 1.46. The first-order chi connectivity index (χ1) is 10.1. The predicted molar refractivity (Wildman–Crippen MR) is 82.5 cm³/mol. The fourth-order valence-electron chi connectivity index (χ4n) is 2.06. The Morgan fingerprint density at radius 2 is 2.00 bits per heavy atom. The normalized spacial score (nSPS) is 10.5. The van der Waals surface area contributed by atoms with E-state index in [-0.39, 0.29) is 5.56 Å². The Hall–Kier alpha value is -2.53. The molecule has 21 heavy (non-hydrogen) atoms. The van der Waals surface area contributed by atoms with Crippen molar-refractivity contribution in [2.24, 2.45) is 0 Å². The number of aromatic nitrogens is 2. The molecule has 0 unspecified atom stereocenters. The third-order valence-electron chi connectivity index (χ3n) is 3.15. The lowest BCUT2D eigenvalue weighted by Crippen LogP contribution is -1.97. The molecule has 5 heteroatoms. The van der Waals surface area contributed by atoms with Crippen molar-refractivity contribution in [2.75, 3.05) is 0 Å². The molecule has 0 saturated carbocycles. The maximum absolute atomic E-state index is 11.0. The van der Waals surface area contributed by atoms with Crippen LogP contribution < -0.4 is 0 Å². The van der Waals surface area contributed by atoms with Gasteiger partial charge >= 0.3 is 5.97 Å². The van der Waals surface area contributed by atoms with E-state index in [0.29, 0.717) is 5.69 Å². The smallest absolute Gasteiger partial charge is 0.335 e. The molecule has 0 atom stereocenters. The molecule has 0 spiro atoms. The average molecular weight is 296 g/mol. The van der Waals surface area contributed by atoms with Crippen molar-refractivity contribution in [3.05, 3.63) is 59.1 Å². The molecule has 1 aromatic carbocycles. The number of carboxylic acids is 1. The largest absolute Gasteiger partial charge is 0.478 e. The molecule has 2 heterocycles. The van der Waals surface area contributed by atoms with Crippen molar-refractivity contribution >= 4 is 17.3 Å². The molecule has 0 aliphatic heterocycles. The highest BCUT2D eigenvalue weighted by Crippen LogP contribution is 2.29. The van der Waals surface area contributed by atoms with Crippen LogP contribution in [0, 0.1) is 6.92 Å². The van der Waals surface area contributed by atoms with E-state index in [1.54, 1.807) is 6.07 Å². The van der Waals surface area contributed by atoms with Crippen LogP contribution in [-0.4, -0.2) is 21.0 Å². The van der Waals surface area contributed by atoms with E-state index in [1.807, 2.05) is 36.6 Å². The molecule has 104 valence electrons. The van der Waals surface area contributed by atoms with E-state index in [1.165, 1.54) is 23.6 Å². The molecule has 0 bridgehead atoms. The van der Waals surface area contributed by atoms with Crippen molar-refractivity contribution in [3.8, 4) is 22.0 Å². The van der Waals surface area contributed by atoms with Gasteiger partial charge in [-0.3, -0.25) is 4.98 Å². The summed E-state index contributed by atoms with van der Waals surface area (Å²) in [6.45, 7) is 2.04. The van der Waals surface area contributed by atoms with Gasteiger partial charge in [0.25, 0.3) is 0 Å². The summed E-state index contributed by atoms with van der Waals surface area (Å²) in [4.78, 5) is 19.8. The van der Waals surface area contributed by atoms with Crippen molar-refractivity contribution in [1.29, 1.82) is 0 Å². The quantitative estimate of drug-likeness (QED) is 0.796. The first kappa shape index (κ1) is 13.5. The zero-order valence-electron chi connectivity index (χ0n) is 11.3. The number of pyridine rings is 1. The lowest BCUT2D eigenvalue weighted by Gasteiger charge is -2.01. The topological polar surface area (TPSA) is 63.1 Å². The summed E-state index contributed by atoms with van der Waals surface area (Å²) in [5.41, 5.74) is 3.92. The van der Waals surface area contributed by atoms with Crippen molar-refractivity contribution in [3.63, 3.8) is 0 Å². The van der Waals surface area contributed by atoms with Crippen LogP contribution in [0.4, 0.5) is 0 Å². The molecule has 0 amide bonds. The summed E-state index contributed by atoms with van der Waals surface area (Å²) < 4.78 is 0. The second-order valence-corrected chi connectivity index (χ2v) is 5.45. The van der Waals surface area contributed by atoms with Crippen LogP contribution in [0.2, 0.25) is 0 Å². The minimum atomic E-state index is -0.964. The number of carboxylic acid groups (broad SMARTS) is 1. The van der Waals surface area contributed by atoms with Crippen LogP contribution in [0.1, 0.15) is 15.9 Å². The third kappa shape index (κ3) is 2.68. The van der Waals surface area contributed by atoms with E-state index in [4.69, 9.17) is 5.11 Å². The summed E-state index contributed by atoms with van der Waals surface area (Å²) in [7, 11) is 0. The van der Waals surface area contributed by atoms with E-state index in [0.717, 1.165) is 21.8 Å². The fraction of sp³-hybridized carbons (Fsp3) is 0.0625. The maximum atomic E-state index is 11.0. The molecular weight excluding hydrogens is 284 g/mol. The predicted octanol–water partition coefficient (Wildman–Crippen LogP) is 3.88. The minimum Gasteiger partial charge on any atom is -0.478 e. The van der Waals surface area contributed by atoms with Crippen LogP contribution >= 0.6 is 11.3 Å². The summed E-state index contributed by atoms with van der Waals surface area (Å²) in [5.74, 6) is -0.964. The molecule has 3 rings (SSSR count). The van der Waals surface area contributed by atoms with Gasteiger partial charge in [-0.1, -0.05) is 24.3 Å². The molecule has 0 aliphatic rings. The van der Waals surface area contributed by atoms with Crippen molar-refractivity contribution in [2.45, 2.75) is 6.92 Å². The van der Waals surface area contributed by atoms with Gasteiger partial charge in [-0.05, 0) is 24.6 Å². The number of nitrogens with zero attached hydrogens (tertiary/aromatic N) is 2. The zero-order chi connectivity index (χ0) is 14.8. The van der Waals surface area contributed by atoms with Gasteiger partial charge in [0.1, 0.15) is 5.01 Å². The van der Waals surface area contributed by atoms with E-state index in [9.17, 15) is 4.79 Å². The molecule has 2 aromatic heterocycles. The Morgan fingerprint density at radius 3 is 2.76 bits per heavy atom. The second-order valence-electron chi connectivity index (χ2n) is 4.59. The van der Waals surface area contributed by atoms with Crippen LogP contribution in [-0.2, 0) is 0 Å². The molecule has 1 N–H and O–H groups in total. The second kappa shape index (κ2) is 5.46. The van der Waals surface area contributed by atoms with Gasteiger partial charge in [-0.2, -0.15) is 0 Å². The van der Waals surface area contributed by atoms with Crippen LogP contribution in [0.5, 0.6) is 0 Å². The minimum absolute atomic E-state index is 0.215. The fourth-order valence-corrected chi connectivity index (χ4v) is 2.84. The van der Waals surface area contributed by atoms with Gasteiger partial charge in [-0.25, -0.2) is 9.78 Å². The molecule has 0 aliphatic carbocycles. The first-order valence-corrected chi connectivity index (χ1v) is 7.24. The number of hydrogen-bond donors (Lipinski definition) is 1. The number of rotatable bonds is 3. The average Bonchev–Trinajstić information content (AvgIpc) is 2.97. The van der Waals surface area contributed by atoms with E-state index >= 15 is 0 Å². The summed E-state index contributed by atoms with van der Waals surface area (Å²) in [6, 6.07) is 11.0. The van der Waals surface area contributed by atoms with Crippen LogP contribution in [0.25, 0.3) is 22.0 Å². The van der Waals surface area contributed by atoms with Gasteiger partial charge in [-0.15, -0.1) is 11.3 Å². The Morgan fingerprint density at radius 1 is 1.19 bits per heavy atom. The molecule has 0 radical (unpaired) electrons. The lowest BCUT2D eigenvalue weighted by atomic mass is 10.1. The Labute approximate surface area is 125 Å². The standard InChI is InChI=1S/C16H12N2O2S/c1-10-4-2-3-5-12(10)14-9-21-15(18-14)13-8-11(16(19)20)6-7-17-13/h2-9H,1H3,(H,19,20). The molecule has 3 aromatic rings. The highest BCUT2D eigenvalue weighted by atomic mass is 32.1. The zero-order valence-corrected chi connectivity index (χ0v) is 12.1. The number of thiazole rings is 1. The van der Waals surface area contributed by atoms with Crippen molar-refractivity contribution in [1.82, 2.24) is 9.97 Å². The van der Waals surface area contributed by atoms with E-state index in [2.05, 4.69) is 9.97 Å².